The molecule has 1 aliphatic carbocycles. The van der Waals surface area contributed by atoms with Gasteiger partial charge >= 0.3 is 0 Å². The Balaban J connectivity index is 0.00000147. The highest BCUT2D eigenvalue weighted by Gasteiger charge is 2.46. The molecule has 3 rings (SSSR count). The Labute approximate surface area is 136 Å². The molecule has 20 heavy (non-hydrogen) atoms. The first-order valence-electron chi connectivity index (χ1n) is 7.01. The van der Waals surface area contributed by atoms with Gasteiger partial charge in [-0.2, -0.15) is 0 Å². The summed E-state index contributed by atoms with van der Waals surface area (Å²) in [5.41, 5.74) is 0.410. The molecule has 112 valence electrons. The van der Waals surface area contributed by atoms with Crippen LogP contribution in [0.3, 0.4) is 0 Å². The highest BCUT2D eigenvalue weighted by atomic mass is 35.5. The highest BCUT2D eigenvalue weighted by Crippen LogP contribution is 2.48. The van der Waals surface area contributed by atoms with Crippen LogP contribution in [0.4, 0.5) is 0 Å². The first-order valence-corrected chi connectivity index (χ1v) is 7.77. The molecule has 2 fully saturated rings. The maximum Gasteiger partial charge on any atom is 0.0706 e. The zero-order valence-electron chi connectivity index (χ0n) is 11.2. The predicted octanol–water partition coefficient (Wildman–Crippen LogP) is 4.37. The molecule has 1 aromatic rings. The van der Waals surface area contributed by atoms with Gasteiger partial charge in [0.2, 0.25) is 0 Å². The molecule has 2 aliphatic rings. The lowest BCUT2D eigenvalue weighted by Crippen LogP contribution is -2.53. The summed E-state index contributed by atoms with van der Waals surface area (Å²) in [4.78, 5) is 0. The van der Waals surface area contributed by atoms with Gasteiger partial charge in [-0.1, -0.05) is 42.1 Å². The molecular formula is C15H20Cl3NO. The number of aliphatic hydroxyl groups is 1. The standard InChI is InChI=1S/C15H19Cl2NO.ClH/c16-11-5-3-6-12(17)13(11)14-10-4-1-2-7-15(10,19)8-9-18-14;/h3,5-6,10,14,18-19H,1-2,4,7-9H2;1H/t10-,14+,15-;/m0./s1. The fourth-order valence-electron chi connectivity index (χ4n) is 3.73. The van der Waals surface area contributed by atoms with Crippen molar-refractivity contribution >= 4 is 35.6 Å². The van der Waals surface area contributed by atoms with Crippen molar-refractivity contribution in [1.82, 2.24) is 5.32 Å². The predicted molar refractivity (Wildman–Crippen MR) is 86.0 cm³/mol. The fraction of sp³-hybridized carbons (Fsp3) is 0.600. The van der Waals surface area contributed by atoms with Crippen molar-refractivity contribution in [3.63, 3.8) is 0 Å². The molecular weight excluding hydrogens is 317 g/mol. The SMILES string of the molecule is Cl.O[C@]12CCCC[C@H]1[C@H](c1c(Cl)cccc1Cl)NCC2. The third kappa shape index (κ3) is 2.82. The Morgan fingerprint density at radius 3 is 2.55 bits per heavy atom. The van der Waals surface area contributed by atoms with Gasteiger partial charge in [0, 0.05) is 27.6 Å². The molecule has 0 unspecified atom stereocenters. The quantitative estimate of drug-likeness (QED) is 0.798. The number of nitrogens with one attached hydrogen (secondary N) is 1. The van der Waals surface area contributed by atoms with Gasteiger partial charge in [-0.15, -0.1) is 12.4 Å². The second-order valence-corrected chi connectivity index (χ2v) is 6.59. The van der Waals surface area contributed by atoms with Crippen LogP contribution in [0.25, 0.3) is 0 Å². The van der Waals surface area contributed by atoms with E-state index in [-0.39, 0.29) is 24.4 Å². The van der Waals surface area contributed by atoms with Crippen LogP contribution in [0.15, 0.2) is 18.2 Å². The third-order valence-corrected chi connectivity index (χ3v) is 5.36. The fourth-order valence-corrected chi connectivity index (χ4v) is 4.37. The van der Waals surface area contributed by atoms with Crippen molar-refractivity contribution in [3.05, 3.63) is 33.8 Å². The third-order valence-electron chi connectivity index (χ3n) is 4.70. The second-order valence-electron chi connectivity index (χ2n) is 5.77. The van der Waals surface area contributed by atoms with Crippen LogP contribution in [0.2, 0.25) is 10.0 Å². The van der Waals surface area contributed by atoms with E-state index in [1.807, 2.05) is 18.2 Å². The number of piperidine rings is 1. The van der Waals surface area contributed by atoms with E-state index in [9.17, 15) is 5.11 Å². The van der Waals surface area contributed by atoms with E-state index in [4.69, 9.17) is 23.2 Å². The Kier molecular flexibility index (Phi) is 5.25. The Hall–Kier alpha value is 0.01000. The largest absolute Gasteiger partial charge is 0.389 e. The van der Waals surface area contributed by atoms with Gasteiger partial charge < -0.3 is 10.4 Å². The average Bonchev–Trinajstić information content (AvgIpc) is 2.38. The van der Waals surface area contributed by atoms with Gasteiger partial charge in [0.25, 0.3) is 0 Å². The monoisotopic (exact) mass is 335 g/mol. The molecule has 2 N–H and O–H groups in total. The minimum Gasteiger partial charge on any atom is -0.389 e. The molecule has 1 heterocycles. The number of hydrogen-bond donors (Lipinski definition) is 2. The van der Waals surface area contributed by atoms with Gasteiger partial charge in [-0.3, -0.25) is 0 Å². The second kappa shape index (κ2) is 6.41. The molecule has 5 heteroatoms. The van der Waals surface area contributed by atoms with Gasteiger partial charge in [0.1, 0.15) is 0 Å². The molecule has 0 spiro atoms. The zero-order chi connectivity index (χ0) is 13.5. The van der Waals surface area contributed by atoms with Crippen molar-refractivity contribution in [1.29, 1.82) is 0 Å². The number of fused-ring (bicyclic) bond motifs is 1. The lowest BCUT2D eigenvalue weighted by Gasteiger charge is -2.48. The summed E-state index contributed by atoms with van der Waals surface area (Å²) in [6.07, 6.45) is 5.06. The molecule has 0 radical (unpaired) electrons. The minimum atomic E-state index is -0.545. The van der Waals surface area contributed by atoms with Crippen molar-refractivity contribution < 1.29 is 5.11 Å². The minimum absolute atomic E-state index is 0. The van der Waals surface area contributed by atoms with Gasteiger partial charge in [-0.25, -0.2) is 0 Å². The zero-order valence-corrected chi connectivity index (χ0v) is 13.6. The summed E-state index contributed by atoms with van der Waals surface area (Å²) in [5, 5.41) is 15.8. The molecule has 1 aromatic carbocycles. The smallest absolute Gasteiger partial charge is 0.0706 e. The Bertz CT molecular complexity index is 458. The van der Waals surface area contributed by atoms with E-state index < -0.39 is 5.60 Å². The van der Waals surface area contributed by atoms with E-state index in [0.29, 0.717) is 10.0 Å². The van der Waals surface area contributed by atoms with Crippen LogP contribution in [-0.4, -0.2) is 17.3 Å². The lowest BCUT2D eigenvalue weighted by molar-refractivity contribution is -0.0861. The molecule has 0 bridgehead atoms. The maximum absolute atomic E-state index is 10.9. The van der Waals surface area contributed by atoms with E-state index in [0.717, 1.165) is 37.8 Å². The van der Waals surface area contributed by atoms with Gasteiger partial charge in [-0.05, 0) is 37.9 Å². The molecule has 1 saturated heterocycles. The van der Waals surface area contributed by atoms with E-state index in [1.54, 1.807) is 0 Å². The summed E-state index contributed by atoms with van der Waals surface area (Å²) in [6.45, 7) is 0.819. The molecule has 3 atom stereocenters. The molecule has 2 nitrogen and oxygen atoms in total. The number of benzene rings is 1. The van der Waals surface area contributed by atoms with Crippen LogP contribution in [0.1, 0.15) is 43.7 Å². The summed E-state index contributed by atoms with van der Waals surface area (Å²) >= 11 is 12.7. The topological polar surface area (TPSA) is 32.3 Å². The first-order chi connectivity index (χ1) is 9.12. The van der Waals surface area contributed by atoms with Crippen LogP contribution >= 0.6 is 35.6 Å². The Morgan fingerprint density at radius 1 is 1.15 bits per heavy atom. The maximum atomic E-state index is 10.9. The average molecular weight is 337 g/mol. The van der Waals surface area contributed by atoms with Crippen LogP contribution in [0, 0.1) is 5.92 Å². The van der Waals surface area contributed by atoms with Crippen molar-refractivity contribution in [2.75, 3.05) is 6.54 Å². The summed E-state index contributed by atoms with van der Waals surface area (Å²) in [7, 11) is 0. The van der Waals surface area contributed by atoms with Gasteiger partial charge in [0.15, 0.2) is 0 Å². The van der Waals surface area contributed by atoms with E-state index in [2.05, 4.69) is 5.32 Å². The van der Waals surface area contributed by atoms with Crippen LogP contribution < -0.4 is 5.32 Å². The van der Waals surface area contributed by atoms with Crippen molar-refractivity contribution in [3.8, 4) is 0 Å². The summed E-state index contributed by atoms with van der Waals surface area (Å²) in [5.74, 6) is 0.215. The number of rotatable bonds is 1. The summed E-state index contributed by atoms with van der Waals surface area (Å²) in [6, 6.07) is 5.69. The first kappa shape index (κ1) is 16.4. The molecule has 1 saturated carbocycles. The van der Waals surface area contributed by atoms with Crippen LogP contribution in [-0.2, 0) is 0 Å². The van der Waals surface area contributed by atoms with E-state index in [1.165, 1.54) is 6.42 Å². The van der Waals surface area contributed by atoms with E-state index >= 15 is 0 Å². The number of halogens is 3. The van der Waals surface area contributed by atoms with Gasteiger partial charge in [0.05, 0.1) is 5.60 Å². The summed E-state index contributed by atoms with van der Waals surface area (Å²) < 4.78 is 0. The normalized spacial score (nSPS) is 33.1. The lowest BCUT2D eigenvalue weighted by atomic mass is 9.67. The highest BCUT2D eigenvalue weighted by molar-refractivity contribution is 6.36. The molecule has 1 aliphatic heterocycles. The van der Waals surface area contributed by atoms with Crippen molar-refractivity contribution in [2.45, 2.75) is 43.7 Å². The molecule has 0 aromatic heterocycles. The van der Waals surface area contributed by atoms with Crippen LogP contribution in [0.5, 0.6) is 0 Å². The number of hydrogen-bond acceptors (Lipinski definition) is 2. The Morgan fingerprint density at radius 2 is 1.85 bits per heavy atom. The van der Waals surface area contributed by atoms with Crippen molar-refractivity contribution in [2.24, 2.45) is 5.92 Å². The molecule has 0 amide bonds.